The van der Waals surface area contributed by atoms with E-state index in [4.69, 9.17) is 0 Å². The van der Waals surface area contributed by atoms with Crippen molar-refractivity contribution in [2.45, 2.75) is 55.8 Å². The number of hydrogen-bond donors (Lipinski definition) is 1. The standard InChI is InChI=1S/C19H25N5O3S/c1-22-11-15(25)10-17(22)19-21-20-18-12-23(7-8-24(18)19)28(26,27)16-6-5-13-3-2-4-14(13)9-16/h5-6,9,15,17,25H,2-4,7-8,10-12H2,1H3/t15-,17+/m1/s1. The molecule has 2 aliphatic heterocycles. The molecule has 9 heteroatoms. The van der Waals surface area contributed by atoms with E-state index in [2.05, 4.69) is 15.1 Å². The number of aliphatic hydroxyl groups excluding tert-OH is 1. The molecule has 0 spiro atoms. The summed E-state index contributed by atoms with van der Waals surface area (Å²) < 4.78 is 29.9. The van der Waals surface area contributed by atoms with Crippen molar-refractivity contribution in [1.29, 1.82) is 0 Å². The number of rotatable bonds is 3. The lowest BCUT2D eigenvalue weighted by Crippen LogP contribution is -2.39. The van der Waals surface area contributed by atoms with Crippen LogP contribution >= 0.6 is 0 Å². The van der Waals surface area contributed by atoms with Crippen molar-refractivity contribution in [3.8, 4) is 0 Å². The second kappa shape index (κ2) is 6.62. The Kier molecular flexibility index (Phi) is 4.31. The van der Waals surface area contributed by atoms with Gasteiger partial charge in [0, 0.05) is 19.6 Å². The maximum absolute atomic E-state index is 13.2. The van der Waals surface area contributed by atoms with Crippen LogP contribution in [0.5, 0.6) is 0 Å². The van der Waals surface area contributed by atoms with Crippen LogP contribution in [-0.4, -0.2) is 63.7 Å². The summed E-state index contributed by atoms with van der Waals surface area (Å²) >= 11 is 0. The molecular weight excluding hydrogens is 378 g/mol. The van der Waals surface area contributed by atoms with Crippen LogP contribution in [0.25, 0.3) is 0 Å². The maximum atomic E-state index is 13.2. The molecule has 1 aromatic heterocycles. The van der Waals surface area contributed by atoms with Gasteiger partial charge in [0.05, 0.1) is 23.6 Å². The minimum atomic E-state index is -3.55. The summed E-state index contributed by atoms with van der Waals surface area (Å²) in [4.78, 5) is 2.45. The van der Waals surface area contributed by atoms with E-state index < -0.39 is 10.0 Å². The van der Waals surface area contributed by atoms with E-state index in [-0.39, 0.29) is 18.7 Å². The van der Waals surface area contributed by atoms with Gasteiger partial charge in [-0.05, 0) is 56.0 Å². The molecule has 0 unspecified atom stereocenters. The highest BCUT2D eigenvalue weighted by atomic mass is 32.2. The first-order chi connectivity index (χ1) is 13.4. The Morgan fingerprint density at radius 3 is 2.75 bits per heavy atom. The summed E-state index contributed by atoms with van der Waals surface area (Å²) in [6.45, 7) is 1.77. The number of aryl methyl sites for hydroxylation is 2. The fraction of sp³-hybridized carbons (Fsp3) is 0.579. The van der Waals surface area contributed by atoms with Gasteiger partial charge in [0.1, 0.15) is 5.82 Å². The zero-order valence-electron chi connectivity index (χ0n) is 16.0. The van der Waals surface area contributed by atoms with Crippen LogP contribution in [0, 0.1) is 0 Å². The lowest BCUT2D eigenvalue weighted by Gasteiger charge is -2.28. The van der Waals surface area contributed by atoms with Crippen molar-refractivity contribution in [1.82, 2.24) is 24.0 Å². The van der Waals surface area contributed by atoms with E-state index in [1.165, 1.54) is 9.87 Å². The average Bonchev–Trinajstić information content (AvgIpc) is 3.38. The quantitative estimate of drug-likeness (QED) is 0.812. The van der Waals surface area contributed by atoms with Crippen LogP contribution in [0.4, 0.5) is 0 Å². The number of aliphatic hydroxyl groups is 1. The van der Waals surface area contributed by atoms with E-state index in [1.807, 2.05) is 23.7 Å². The Morgan fingerprint density at radius 1 is 1.14 bits per heavy atom. The minimum Gasteiger partial charge on any atom is -0.392 e. The zero-order chi connectivity index (χ0) is 19.5. The summed E-state index contributed by atoms with van der Waals surface area (Å²) in [5.74, 6) is 1.49. The molecule has 3 aliphatic rings. The van der Waals surface area contributed by atoms with E-state index >= 15 is 0 Å². The molecular formula is C19H25N5O3S. The summed E-state index contributed by atoms with van der Waals surface area (Å²) in [7, 11) is -1.59. The number of aromatic nitrogens is 3. The smallest absolute Gasteiger partial charge is 0.243 e. The Bertz CT molecular complexity index is 1020. The fourth-order valence-corrected chi connectivity index (χ4v) is 6.18. The van der Waals surface area contributed by atoms with Gasteiger partial charge < -0.3 is 9.67 Å². The molecule has 1 saturated heterocycles. The Labute approximate surface area is 164 Å². The van der Waals surface area contributed by atoms with Crippen molar-refractivity contribution in [2.75, 3.05) is 20.1 Å². The molecule has 8 nitrogen and oxygen atoms in total. The lowest BCUT2D eigenvalue weighted by atomic mass is 10.1. The Hall–Kier alpha value is -1.81. The van der Waals surface area contributed by atoms with E-state index in [9.17, 15) is 13.5 Å². The molecule has 3 heterocycles. The summed E-state index contributed by atoms with van der Waals surface area (Å²) in [5, 5.41) is 18.5. The van der Waals surface area contributed by atoms with E-state index in [0.717, 1.165) is 30.7 Å². The fourth-order valence-electron chi connectivity index (χ4n) is 4.74. The molecule has 0 amide bonds. The monoisotopic (exact) mass is 403 g/mol. The van der Waals surface area contributed by atoms with Gasteiger partial charge in [0.2, 0.25) is 10.0 Å². The molecule has 1 N–H and O–H groups in total. The van der Waals surface area contributed by atoms with Crippen LogP contribution in [-0.2, 0) is 36.0 Å². The lowest BCUT2D eigenvalue weighted by molar-refractivity contribution is 0.182. The Morgan fingerprint density at radius 2 is 1.96 bits per heavy atom. The van der Waals surface area contributed by atoms with Crippen molar-refractivity contribution in [3.05, 3.63) is 41.0 Å². The van der Waals surface area contributed by atoms with E-state index in [0.29, 0.717) is 36.8 Å². The topological polar surface area (TPSA) is 91.6 Å². The first-order valence-corrected chi connectivity index (χ1v) is 11.3. The van der Waals surface area contributed by atoms with Crippen LogP contribution in [0.1, 0.15) is 41.7 Å². The highest BCUT2D eigenvalue weighted by Crippen LogP contribution is 2.32. The van der Waals surface area contributed by atoms with Crippen molar-refractivity contribution >= 4 is 10.0 Å². The number of nitrogens with zero attached hydrogens (tertiary/aromatic N) is 5. The molecule has 0 radical (unpaired) electrons. The van der Waals surface area contributed by atoms with Crippen LogP contribution in [0.3, 0.4) is 0 Å². The number of fused-ring (bicyclic) bond motifs is 2. The number of sulfonamides is 1. The summed E-state index contributed by atoms with van der Waals surface area (Å²) in [6, 6.07) is 5.56. The summed E-state index contributed by atoms with van der Waals surface area (Å²) in [6.07, 6.45) is 3.36. The highest BCUT2D eigenvalue weighted by molar-refractivity contribution is 7.89. The number of hydrogen-bond acceptors (Lipinski definition) is 6. The number of likely N-dealkylation sites (N-methyl/N-ethyl adjacent to an activating group) is 1. The van der Waals surface area contributed by atoms with Gasteiger partial charge >= 0.3 is 0 Å². The van der Waals surface area contributed by atoms with Crippen LogP contribution in [0.2, 0.25) is 0 Å². The van der Waals surface area contributed by atoms with Gasteiger partial charge in [0.25, 0.3) is 0 Å². The summed E-state index contributed by atoms with van der Waals surface area (Å²) in [5.41, 5.74) is 2.43. The second-order valence-corrected chi connectivity index (χ2v) is 10.0. The third-order valence-electron chi connectivity index (χ3n) is 6.28. The Balaban J connectivity index is 1.40. The van der Waals surface area contributed by atoms with Crippen molar-refractivity contribution in [2.24, 2.45) is 0 Å². The molecule has 5 rings (SSSR count). The third kappa shape index (κ3) is 2.88. The molecule has 1 fully saturated rings. The van der Waals surface area contributed by atoms with Gasteiger partial charge in [-0.2, -0.15) is 4.31 Å². The second-order valence-electron chi connectivity index (χ2n) is 8.09. The molecule has 150 valence electrons. The van der Waals surface area contributed by atoms with Crippen LogP contribution < -0.4 is 0 Å². The van der Waals surface area contributed by atoms with Gasteiger partial charge in [-0.15, -0.1) is 10.2 Å². The molecule has 2 atom stereocenters. The van der Waals surface area contributed by atoms with Crippen molar-refractivity contribution < 1.29 is 13.5 Å². The van der Waals surface area contributed by atoms with Crippen molar-refractivity contribution in [3.63, 3.8) is 0 Å². The number of benzene rings is 1. The zero-order valence-corrected chi connectivity index (χ0v) is 16.8. The molecule has 0 bridgehead atoms. The normalized spacial score (nSPS) is 25.8. The SMILES string of the molecule is CN1C[C@H](O)C[C@H]1c1nnc2n1CCN(S(=O)(=O)c1ccc3c(c1)CCC3)C2. The first-order valence-electron chi connectivity index (χ1n) is 9.86. The number of β-amino-alcohol motifs (C(OH)–C–C–N with tert-alkyl or cyclic N) is 1. The molecule has 1 aromatic carbocycles. The van der Waals surface area contributed by atoms with Crippen LogP contribution in [0.15, 0.2) is 23.1 Å². The molecule has 1 aliphatic carbocycles. The third-order valence-corrected chi connectivity index (χ3v) is 8.12. The highest BCUT2D eigenvalue weighted by Gasteiger charge is 2.36. The van der Waals surface area contributed by atoms with Gasteiger partial charge in [-0.1, -0.05) is 6.07 Å². The van der Waals surface area contributed by atoms with Gasteiger partial charge in [-0.3, -0.25) is 4.90 Å². The first kappa shape index (κ1) is 18.2. The molecule has 28 heavy (non-hydrogen) atoms. The van der Waals surface area contributed by atoms with E-state index in [1.54, 1.807) is 6.07 Å². The van der Waals surface area contributed by atoms with Gasteiger partial charge in [0.15, 0.2) is 5.82 Å². The molecule has 0 saturated carbocycles. The molecule has 2 aromatic rings. The predicted molar refractivity (Wildman–Crippen MR) is 102 cm³/mol. The minimum absolute atomic E-state index is 0.0242. The average molecular weight is 404 g/mol. The largest absolute Gasteiger partial charge is 0.392 e. The van der Waals surface area contributed by atoms with Gasteiger partial charge in [-0.25, -0.2) is 8.42 Å². The maximum Gasteiger partial charge on any atom is 0.243 e. The number of likely N-dealkylation sites (tertiary alicyclic amines) is 1. The predicted octanol–water partition coefficient (Wildman–Crippen LogP) is 0.709.